The third kappa shape index (κ3) is 3.17. The molecule has 1 amide bonds. The summed E-state index contributed by atoms with van der Waals surface area (Å²) in [4.78, 5) is 10.9. The maximum absolute atomic E-state index is 10.9. The summed E-state index contributed by atoms with van der Waals surface area (Å²) in [5.41, 5.74) is 2.43. The number of nitrogens with one attached hydrogen (secondary N) is 1. The molecule has 4 nitrogen and oxygen atoms in total. The van der Waals surface area contributed by atoms with Crippen LogP contribution in [-0.2, 0) is 11.3 Å². The molecule has 0 fully saturated rings. The van der Waals surface area contributed by atoms with E-state index in [9.17, 15) is 4.79 Å². The number of hydrogen-bond acceptors (Lipinski definition) is 2. The van der Waals surface area contributed by atoms with Gasteiger partial charge >= 0.3 is 0 Å². The molecule has 0 radical (unpaired) electrons. The molecule has 17 heavy (non-hydrogen) atoms. The van der Waals surface area contributed by atoms with Crippen molar-refractivity contribution in [3.63, 3.8) is 0 Å². The second kappa shape index (κ2) is 4.82. The molecule has 1 heterocycles. The zero-order valence-electron chi connectivity index (χ0n) is 9.97. The van der Waals surface area contributed by atoms with E-state index in [2.05, 4.69) is 35.5 Å². The Balaban J connectivity index is 2.08. The fraction of sp³-hybridized carbons (Fsp3) is 0.231. The fourth-order valence-electron chi connectivity index (χ4n) is 1.69. The van der Waals surface area contributed by atoms with Crippen LogP contribution < -0.4 is 5.32 Å². The largest absolute Gasteiger partial charge is 0.309 e. The molecule has 2 rings (SSSR count). The van der Waals surface area contributed by atoms with Crippen LogP contribution in [0.4, 0.5) is 5.82 Å². The highest BCUT2D eigenvalue weighted by Gasteiger charge is 2.01. The summed E-state index contributed by atoms with van der Waals surface area (Å²) < 4.78 is 1.81. The quantitative estimate of drug-likeness (QED) is 0.877. The zero-order chi connectivity index (χ0) is 12.3. The average molecular weight is 229 g/mol. The van der Waals surface area contributed by atoms with Crippen LogP contribution in [0, 0.1) is 6.92 Å². The monoisotopic (exact) mass is 229 g/mol. The van der Waals surface area contributed by atoms with Gasteiger partial charge in [0.2, 0.25) is 5.91 Å². The molecule has 1 aromatic heterocycles. The van der Waals surface area contributed by atoms with Crippen molar-refractivity contribution in [3.05, 3.63) is 47.7 Å². The van der Waals surface area contributed by atoms with Crippen molar-refractivity contribution >= 4 is 11.7 Å². The third-order valence-electron chi connectivity index (χ3n) is 2.37. The molecule has 1 aromatic carbocycles. The van der Waals surface area contributed by atoms with E-state index in [1.165, 1.54) is 18.1 Å². The lowest BCUT2D eigenvalue weighted by Crippen LogP contribution is -2.07. The minimum atomic E-state index is -0.106. The van der Waals surface area contributed by atoms with E-state index in [0.717, 1.165) is 0 Å². The Labute approximate surface area is 100 Å². The molecule has 1 N–H and O–H groups in total. The van der Waals surface area contributed by atoms with Gasteiger partial charge in [-0.3, -0.25) is 9.48 Å². The number of amides is 1. The Bertz CT molecular complexity index is 531. The minimum absolute atomic E-state index is 0.106. The Kier molecular flexibility index (Phi) is 3.23. The van der Waals surface area contributed by atoms with Crippen LogP contribution in [0.5, 0.6) is 0 Å². The number of benzene rings is 1. The van der Waals surface area contributed by atoms with E-state index in [1.54, 1.807) is 10.7 Å². The van der Waals surface area contributed by atoms with E-state index in [-0.39, 0.29) is 5.91 Å². The topological polar surface area (TPSA) is 46.9 Å². The molecule has 0 atom stereocenters. The van der Waals surface area contributed by atoms with Crippen molar-refractivity contribution in [2.24, 2.45) is 0 Å². The van der Waals surface area contributed by atoms with Crippen molar-refractivity contribution in [2.45, 2.75) is 20.4 Å². The second-order valence-corrected chi connectivity index (χ2v) is 4.07. The Morgan fingerprint density at radius 2 is 2.24 bits per heavy atom. The lowest BCUT2D eigenvalue weighted by Gasteiger charge is -2.03. The lowest BCUT2D eigenvalue weighted by molar-refractivity contribution is -0.114. The van der Waals surface area contributed by atoms with Crippen molar-refractivity contribution in [2.75, 3.05) is 5.32 Å². The van der Waals surface area contributed by atoms with Gasteiger partial charge in [0, 0.05) is 19.2 Å². The molecule has 0 unspecified atom stereocenters. The van der Waals surface area contributed by atoms with Gasteiger partial charge in [-0.1, -0.05) is 29.8 Å². The van der Waals surface area contributed by atoms with E-state index in [0.29, 0.717) is 12.4 Å². The lowest BCUT2D eigenvalue weighted by atomic mass is 10.1. The standard InChI is InChI=1S/C13H15N3O/c1-10-4-3-5-12(8-10)9-16-7-6-13(15-16)14-11(2)17/h3-8H,9H2,1-2H3,(H,14,15,17). The number of aromatic nitrogens is 2. The van der Waals surface area contributed by atoms with Crippen molar-refractivity contribution in [3.8, 4) is 0 Å². The second-order valence-electron chi connectivity index (χ2n) is 4.07. The minimum Gasteiger partial charge on any atom is -0.309 e. The van der Waals surface area contributed by atoms with Crippen molar-refractivity contribution in [1.82, 2.24) is 9.78 Å². The molecular weight excluding hydrogens is 214 g/mol. The Hall–Kier alpha value is -2.10. The van der Waals surface area contributed by atoms with Crippen LogP contribution in [0.3, 0.4) is 0 Å². The van der Waals surface area contributed by atoms with Gasteiger partial charge in [0.1, 0.15) is 0 Å². The van der Waals surface area contributed by atoms with Gasteiger partial charge in [0.05, 0.1) is 6.54 Å². The SMILES string of the molecule is CC(=O)Nc1ccn(Cc2cccc(C)c2)n1. The summed E-state index contributed by atoms with van der Waals surface area (Å²) in [6, 6.07) is 10.1. The molecule has 0 saturated heterocycles. The highest BCUT2D eigenvalue weighted by Crippen LogP contribution is 2.08. The summed E-state index contributed by atoms with van der Waals surface area (Å²) in [7, 11) is 0. The number of nitrogens with zero attached hydrogens (tertiary/aromatic N) is 2. The summed E-state index contributed by atoms with van der Waals surface area (Å²) in [6.45, 7) is 4.25. The molecular formula is C13H15N3O. The van der Waals surface area contributed by atoms with Gasteiger partial charge in [-0.05, 0) is 12.5 Å². The molecule has 2 aromatic rings. The predicted octanol–water partition coefficient (Wildman–Crippen LogP) is 2.20. The first kappa shape index (κ1) is 11.4. The first-order valence-corrected chi connectivity index (χ1v) is 5.50. The smallest absolute Gasteiger partial charge is 0.222 e. The molecule has 0 aliphatic heterocycles. The van der Waals surface area contributed by atoms with E-state index < -0.39 is 0 Å². The van der Waals surface area contributed by atoms with Gasteiger partial charge < -0.3 is 5.32 Å². The number of anilines is 1. The predicted molar refractivity (Wildman–Crippen MR) is 66.8 cm³/mol. The van der Waals surface area contributed by atoms with Gasteiger partial charge in [-0.2, -0.15) is 5.10 Å². The number of rotatable bonds is 3. The maximum atomic E-state index is 10.9. The van der Waals surface area contributed by atoms with Crippen LogP contribution in [0.1, 0.15) is 18.1 Å². The number of carbonyl (C=O) groups is 1. The van der Waals surface area contributed by atoms with Gasteiger partial charge in [-0.15, -0.1) is 0 Å². The maximum Gasteiger partial charge on any atom is 0.222 e. The van der Waals surface area contributed by atoms with Crippen molar-refractivity contribution in [1.29, 1.82) is 0 Å². The van der Waals surface area contributed by atoms with Crippen LogP contribution in [0.15, 0.2) is 36.5 Å². The van der Waals surface area contributed by atoms with Crippen molar-refractivity contribution < 1.29 is 4.79 Å². The molecule has 88 valence electrons. The van der Waals surface area contributed by atoms with E-state index >= 15 is 0 Å². The van der Waals surface area contributed by atoms with Crippen LogP contribution >= 0.6 is 0 Å². The molecule has 0 spiro atoms. The summed E-state index contributed by atoms with van der Waals surface area (Å²) >= 11 is 0. The number of hydrogen-bond donors (Lipinski definition) is 1. The fourth-order valence-corrected chi connectivity index (χ4v) is 1.69. The Morgan fingerprint density at radius 3 is 2.94 bits per heavy atom. The zero-order valence-corrected chi connectivity index (χ0v) is 9.97. The first-order chi connectivity index (χ1) is 8.13. The van der Waals surface area contributed by atoms with Crippen LogP contribution in [-0.4, -0.2) is 15.7 Å². The highest BCUT2D eigenvalue weighted by molar-refractivity contribution is 5.87. The van der Waals surface area contributed by atoms with Crippen LogP contribution in [0.2, 0.25) is 0 Å². The van der Waals surface area contributed by atoms with Crippen LogP contribution in [0.25, 0.3) is 0 Å². The first-order valence-electron chi connectivity index (χ1n) is 5.50. The molecule has 0 saturated carbocycles. The van der Waals surface area contributed by atoms with Gasteiger partial charge in [0.25, 0.3) is 0 Å². The molecule has 0 aliphatic carbocycles. The summed E-state index contributed by atoms with van der Waals surface area (Å²) in [5, 5.41) is 6.91. The number of aryl methyl sites for hydroxylation is 1. The Morgan fingerprint density at radius 1 is 1.41 bits per heavy atom. The third-order valence-corrected chi connectivity index (χ3v) is 2.37. The molecule has 0 aliphatic rings. The van der Waals surface area contributed by atoms with E-state index in [4.69, 9.17) is 0 Å². The summed E-state index contributed by atoms with van der Waals surface area (Å²) in [5.74, 6) is 0.482. The van der Waals surface area contributed by atoms with Gasteiger partial charge in [-0.25, -0.2) is 0 Å². The van der Waals surface area contributed by atoms with Gasteiger partial charge in [0.15, 0.2) is 5.82 Å². The van der Waals surface area contributed by atoms with E-state index in [1.807, 2.05) is 12.3 Å². The molecule has 4 heteroatoms. The molecule has 0 bridgehead atoms. The average Bonchev–Trinajstić information content (AvgIpc) is 2.64. The normalized spacial score (nSPS) is 10.2. The number of carbonyl (C=O) groups excluding carboxylic acids is 1. The highest BCUT2D eigenvalue weighted by atomic mass is 16.1. The summed E-state index contributed by atoms with van der Waals surface area (Å²) in [6.07, 6.45) is 1.85.